The maximum Gasteiger partial charge on any atom is 0.263 e. The molecule has 0 radical (unpaired) electrons. The van der Waals surface area contributed by atoms with Crippen molar-refractivity contribution >= 4 is 17.2 Å². The fraction of sp³-hybridized carbons (Fsp3) is 0.750. The molecule has 1 aliphatic rings. The molecule has 0 aliphatic carbocycles. The maximum absolute atomic E-state index is 12.2. The van der Waals surface area contributed by atoms with Crippen LogP contribution in [0.2, 0.25) is 0 Å². The lowest BCUT2D eigenvalue weighted by Gasteiger charge is -2.35. The van der Waals surface area contributed by atoms with Gasteiger partial charge in [0.25, 0.3) is 5.91 Å². The van der Waals surface area contributed by atoms with Crippen molar-refractivity contribution in [2.24, 2.45) is 0 Å². The summed E-state index contributed by atoms with van der Waals surface area (Å²) in [6.07, 6.45) is 2.20. The number of morpholine rings is 1. The molecule has 0 saturated carbocycles. The molecule has 2 heterocycles. The minimum atomic E-state index is -0.0256. The van der Waals surface area contributed by atoms with Gasteiger partial charge < -0.3 is 10.1 Å². The van der Waals surface area contributed by atoms with E-state index in [1.54, 1.807) is 6.20 Å². The lowest BCUT2D eigenvalue weighted by molar-refractivity contribution is -0.0672. The fourth-order valence-corrected chi connectivity index (χ4v) is 3.50. The molecule has 0 aromatic carbocycles. The minimum Gasteiger partial charge on any atom is -0.373 e. The summed E-state index contributed by atoms with van der Waals surface area (Å²) < 4.78 is 5.71. The Balaban J connectivity index is 1.79. The van der Waals surface area contributed by atoms with Gasteiger partial charge in [0.05, 0.1) is 23.4 Å². The number of hydrogen-bond acceptors (Lipinski definition) is 5. The van der Waals surface area contributed by atoms with Crippen LogP contribution in [0.15, 0.2) is 6.20 Å². The van der Waals surface area contributed by atoms with E-state index in [0.29, 0.717) is 11.4 Å². The third-order valence-electron chi connectivity index (χ3n) is 3.58. The van der Waals surface area contributed by atoms with Crippen LogP contribution in [-0.4, -0.2) is 54.2 Å². The van der Waals surface area contributed by atoms with Crippen LogP contribution in [0.5, 0.6) is 0 Å². The molecular formula is C16H27N3O2S. The van der Waals surface area contributed by atoms with Gasteiger partial charge in [0.15, 0.2) is 0 Å². The number of amides is 1. The Morgan fingerprint density at radius 2 is 2.05 bits per heavy atom. The average molecular weight is 325 g/mol. The number of hydrogen-bond donors (Lipinski definition) is 1. The molecule has 6 heteroatoms. The maximum atomic E-state index is 12.2. The lowest BCUT2D eigenvalue weighted by atomic mass is 9.98. The topological polar surface area (TPSA) is 54.5 Å². The molecule has 124 valence electrons. The largest absolute Gasteiger partial charge is 0.373 e. The Morgan fingerprint density at radius 3 is 2.59 bits per heavy atom. The average Bonchev–Trinajstić information content (AvgIpc) is 2.86. The number of ether oxygens (including phenoxy) is 1. The van der Waals surface area contributed by atoms with Crippen LogP contribution in [-0.2, 0) is 10.2 Å². The second kappa shape index (κ2) is 7.06. The summed E-state index contributed by atoms with van der Waals surface area (Å²) in [6.45, 7) is 13.9. The normalized spacial score (nSPS) is 23.5. The van der Waals surface area contributed by atoms with Crippen LogP contribution >= 0.6 is 11.3 Å². The number of carbonyl (C=O) groups is 1. The smallest absolute Gasteiger partial charge is 0.263 e. The molecule has 0 unspecified atom stereocenters. The van der Waals surface area contributed by atoms with E-state index < -0.39 is 0 Å². The van der Waals surface area contributed by atoms with Crippen molar-refractivity contribution in [3.05, 3.63) is 16.1 Å². The number of carbonyl (C=O) groups excluding carboxylic acids is 1. The number of aromatic nitrogens is 1. The Hall–Kier alpha value is -0.980. The van der Waals surface area contributed by atoms with Crippen molar-refractivity contribution in [1.82, 2.24) is 15.2 Å². The standard InChI is InChI=1S/C16H27N3O2S/c1-11-9-19(10-12(2)21-11)7-6-17-14(20)13-8-18-15(22-13)16(3,4)5/h8,11-12H,6-7,9-10H2,1-5H3,(H,17,20)/t11-,12+. The van der Waals surface area contributed by atoms with Gasteiger partial charge in [0, 0.05) is 31.6 Å². The van der Waals surface area contributed by atoms with E-state index in [1.165, 1.54) is 11.3 Å². The molecule has 1 aromatic rings. The van der Waals surface area contributed by atoms with Gasteiger partial charge in [-0.3, -0.25) is 9.69 Å². The lowest BCUT2D eigenvalue weighted by Crippen LogP contribution is -2.47. The van der Waals surface area contributed by atoms with E-state index in [9.17, 15) is 4.79 Å². The number of thiazole rings is 1. The zero-order chi connectivity index (χ0) is 16.3. The van der Waals surface area contributed by atoms with Crippen molar-refractivity contribution in [3.8, 4) is 0 Å². The van der Waals surface area contributed by atoms with Crippen molar-refractivity contribution in [3.63, 3.8) is 0 Å². The van der Waals surface area contributed by atoms with Gasteiger partial charge in [0.1, 0.15) is 4.88 Å². The molecule has 1 N–H and O–H groups in total. The van der Waals surface area contributed by atoms with Crippen LogP contribution in [0.1, 0.15) is 49.3 Å². The summed E-state index contributed by atoms with van der Waals surface area (Å²) in [5.74, 6) is -0.0256. The molecule has 5 nitrogen and oxygen atoms in total. The van der Waals surface area contributed by atoms with Gasteiger partial charge in [-0.25, -0.2) is 4.98 Å². The first kappa shape index (κ1) is 17.4. The molecule has 1 amide bonds. The van der Waals surface area contributed by atoms with E-state index in [4.69, 9.17) is 4.74 Å². The predicted octanol–water partition coefficient (Wildman–Crippen LogP) is 2.28. The highest BCUT2D eigenvalue weighted by Gasteiger charge is 2.22. The first-order valence-electron chi connectivity index (χ1n) is 7.88. The van der Waals surface area contributed by atoms with Crippen molar-refractivity contribution in [1.29, 1.82) is 0 Å². The second-order valence-corrected chi connectivity index (χ2v) is 8.08. The van der Waals surface area contributed by atoms with Gasteiger partial charge in [-0.1, -0.05) is 20.8 Å². The number of nitrogens with zero attached hydrogens (tertiary/aromatic N) is 2. The number of nitrogens with one attached hydrogen (secondary N) is 1. The predicted molar refractivity (Wildman–Crippen MR) is 89.6 cm³/mol. The van der Waals surface area contributed by atoms with Crippen LogP contribution in [0, 0.1) is 0 Å². The van der Waals surface area contributed by atoms with Gasteiger partial charge in [0.2, 0.25) is 0 Å². The second-order valence-electron chi connectivity index (χ2n) is 7.05. The summed E-state index contributed by atoms with van der Waals surface area (Å²) >= 11 is 1.48. The van der Waals surface area contributed by atoms with E-state index >= 15 is 0 Å². The molecule has 0 spiro atoms. The quantitative estimate of drug-likeness (QED) is 0.923. The Bertz CT molecular complexity index is 500. The molecule has 1 aliphatic heterocycles. The third-order valence-corrected chi connectivity index (χ3v) is 5.00. The Morgan fingerprint density at radius 1 is 1.41 bits per heavy atom. The Labute approximate surface area is 137 Å². The highest BCUT2D eigenvalue weighted by atomic mass is 32.1. The molecule has 0 bridgehead atoms. The van der Waals surface area contributed by atoms with Gasteiger partial charge >= 0.3 is 0 Å². The van der Waals surface area contributed by atoms with Crippen LogP contribution < -0.4 is 5.32 Å². The molecule has 2 atom stereocenters. The SMILES string of the molecule is C[C@@H]1CN(CCNC(=O)c2cnc(C(C)(C)C)s2)C[C@H](C)O1. The summed E-state index contributed by atoms with van der Waals surface area (Å²) in [5, 5.41) is 3.98. The summed E-state index contributed by atoms with van der Waals surface area (Å²) in [4.78, 5) is 19.6. The van der Waals surface area contributed by atoms with Crippen molar-refractivity contribution < 1.29 is 9.53 Å². The molecule has 1 fully saturated rings. The van der Waals surface area contributed by atoms with Gasteiger partial charge in [-0.2, -0.15) is 0 Å². The zero-order valence-electron chi connectivity index (χ0n) is 14.2. The van der Waals surface area contributed by atoms with Gasteiger partial charge in [-0.15, -0.1) is 11.3 Å². The summed E-state index contributed by atoms with van der Waals surface area (Å²) in [7, 11) is 0. The van der Waals surface area contributed by atoms with Crippen molar-refractivity contribution in [2.45, 2.75) is 52.2 Å². The van der Waals surface area contributed by atoms with E-state index in [-0.39, 0.29) is 23.5 Å². The molecule has 1 aromatic heterocycles. The number of rotatable bonds is 4. The first-order valence-corrected chi connectivity index (χ1v) is 8.69. The highest BCUT2D eigenvalue weighted by Crippen LogP contribution is 2.26. The van der Waals surface area contributed by atoms with E-state index in [1.807, 2.05) is 0 Å². The molecule has 1 saturated heterocycles. The summed E-state index contributed by atoms with van der Waals surface area (Å²) in [6, 6.07) is 0. The van der Waals surface area contributed by atoms with E-state index in [2.05, 4.69) is 49.8 Å². The molecular weight excluding hydrogens is 298 g/mol. The van der Waals surface area contributed by atoms with Crippen molar-refractivity contribution in [2.75, 3.05) is 26.2 Å². The monoisotopic (exact) mass is 325 g/mol. The van der Waals surface area contributed by atoms with Crippen LogP contribution in [0.25, 0.3) is 0 Å². The summed E-state index contributed by atoms with van der Waals surface area (Å²) in [5.41, 5.74) is -0.0106. The van der Waals surface area contributed by atoms with E-state index in [0.717, 1.165) is 24.6 Å². The van der Waals surface area contributed by atoms with Gasteiger partial charge in [-0.05, 0) is 13.8 Å². The minimum absolute atomic E-state index is 0.0106. The first-order chi connectivity index (χ1) is 10.3. The molecule has 22 heavy (non-hydrogen) atoms. The zero-order valence-corrected chi connectivity index (χ0v) is 15.0. The third kappa shape index (κ3) is 4.76. The Kier molecular flexibility index (Phi) is 5.58. The highest BCUT2D eigenvalue weighted by molar-refractivity contribution is 7.13. The van der Waals surface area contributed by atoms with Crippen LogP contribution in [0.4, 0.5) is 0 Å². The van der Waals surface area contributed by atoms with Crippen LogP contribution in [0.3, 0.4) is 0 Å². The fourth-order valence-electron chi connectivity index (χ4n) is 2.61. The molecule has 2 rings (SSSR count).